The van der Waals surface area contributed by atoms with Gasteiger partial charge in [-0.15, -0.1) is 11.3 Å². The van der Waals surface area contributed by atoms with E-state index < -0.39 is 0 Å². The van der Waals surface area contributed by atoms with E-state index in [0.717, 1.165) is 48.2 Å². The summed E-state index contributed by atoms with van der Waals surface area (Å²) in [5, 5.41) is 6.74. The van der Waals surface area contributed by atoms with Crippen LogP contribution in [-0.4, -0.2) is 56.2 Å². The zero-order chi connectivity index (χ0) is 17.4. The minimum atomic E-state index is 0.151. The number of nitrogens with zero attached hydrogens (tertiary/aromatic N) is 5. The van der Waals surface area contributed by atoms with Gasteiger partial charge in [0.2, 0.25) is 0 Å². The van der Waals surface area contributed by atoms with Gasteiger partial charge in [-0.3, -0.25) is 9.69 Å². The summed E-state index contributed by atoms with van der Waals surface area (Å²) in [7, 11) is 0. The second kappa shape index (κ2) is 7.01. The molecule has 0 spiro atoms. The predicted octanol–water partition coefficient (Wildman–Crippen LogP) is 2.79. The van der Waals surface area contributed by atoms with E-state index in [4.69, 9.17) is 17.3 Å². The van der Waals surface area contributed by atoms with Gasteiger partial charge in [-0.05, 0) is 43.4 Å². The first-order valence-corrected chi connectivity index (χ1v) is 10.2. The molecular weight excluding hydrogens is 354 g/mol. The number of thiophene rings is 1. The lowest BCUT2D eigenvalue weighted by molar-refractivity contribution is 0.0589. The van der Waals surface area contributed by atoms with E-state index >= 15 is 0 Å². The Balaban J connectivity index is 1.39. The molecule has 3 heterocycles. The second-order valence-corrected chi connectivity index (χ2v) is 8.00. The molecule has 6 nitrogen and oxygen atoms in total. The number of carbonyl (C=O) groups is 1. The van der Waals surface area contributed by atoms with Crippen LogP contribution in [0, 0.1) is 4.77 Å². The molecule has 1 aliphatic carbocycles. The number of hydrogen-bond donors (Lipinski definition) is 0. The highest BCUT2D eigenvalue weighted by Crippen LogP contribution is 2.39. The van der Waals surface area contributed by atoms with E-state index in [9.17, 15) is 4.79 Å². The third kappa shape index (κ3) is 3.43. The van der Waals surface area contributed by atoms with E-state index in [-0.39, 0.29) is 5.91 Å². The van der Waals surface area contributed by atoms with Gasteiger partial charge in [0.1, 0.15) is 5.82 Å². The molecule has 1 aliphatic heterocycles. The van der Waals surface area contributed by atoms with E-state index in [1.54, 1.807) is 0 Å². The fraction of sp³-hybridized carbons (Fsp3) is 0.588. The van der Waals surface area contributed by atoms with Gasteiger partial charge in [-0.2, -0.15) is 5.10 Å². The van der Waals surface area contributed by atoms with Crippen LogP contribution in [0.25, 0.3) is 0 Å². The summed E-state index contributed by atoms with van der Waals surface area (Å²) in [6.07, 6.45) is 2.46. The van der Waals surface area contributed by atoms with Gasteiger partial charge in [-0.25, -0.2) is 4.68 Å². The zero-order valence-electron chi connectivity index (χ0n) is 14.4. The average molecular weight is 378 g/mol. The van der Waals surface area contributed by atoms with Crippen LogP contribution >= 0.6 is 23.6 Å². The summed E-state index contributed by atoms with van der Waals surface area (Å²) in [6.45, 7) is 6.96. The lowest BCUT2D eigenvalue weighted by Crippen LogP contribution is -2.48. The smallest absolute Gasteiger partial charge is 0.264 e. The third-order valence-electron chi connectivity index (χ3n) is 4.94. The SMILES string of the molecule is CCn1c(C2CC2)nn(CN2CCN(C(=O)c3cccs3)CC2)c1=S. The summed E-state index contributed by atoms with van der Waals surface area (Å²) < 4.78 is 4.95. The van der Waals surface area contributed by atoms with Crippen LogP contribution in [0.2, 0.25) is 0 Å². The zero-order valence-corrected chi connectivity index (χ0v) is 16.1. The Morgan fingerprint density at radius 2 is 2.08 bits per heavy atom. The van der Waals surface area contributed by atoms with Gasteiger partial charge in [-0.1, -0.05) is 6.07 Å². The molecule has 8 heteroatoms. The lowest BCUT2D eigenvalue weighted by Gasteiger charge is -2.34. The molecule has 2 fully saturated rings. The molecule has 2 aromatic heterocycles. The maximum Gasteiger partial charge on any atom is 0.264 e. The molecule has 1 saturated heterocycles. The average Bonchev–Trinajstić information content (AvgIpc) is 3.23. The van der Waals surface area contributed by atoms with Crippen molar-refractivity contribution < 1.29 is 4.79 Å². The normalized spacial score (nSPS) is 18.7. The van der Waals surface area contributed by atoms with Crippen molar-refractivity contribution in [2.75, 3.05) is 26.2 Å². The fourth-order valence-electron chi connectivity index (χ4n) is 3.33. The summed E-state index contributed by atoms with van der Waals surface area (Å²) in [5.74, 6) is 1.90. The van der Waals surface area contributed by atoms with Gasteiger partial charge in [0, 0.05) is 38.6 Å². The highest BCUT2D eigenvalue weighted by Gasteiger charge is 2.30. The van der Waals surface area contributed by atoms with Crippen molar-refractivity contribution in [3.8, 4) is 0 Å². The maximum absolute atomic E-state index is 12.4. The second-order valence-electron chi connectivity index (χ2n) is 6.69. The first-order chi connectivity index (χ1) is 12.2. The van der Waals surface area contributed by atoms with Crippen molar-refractivity contribution >= 4 is 29.5 Å². The van der Waals surface area contributed by atoms with E-state index in [1.807, 2.05) is 27.1 Å². The standard InChI is InChI=1S/C17H23N5OS2/c1-2-21-15(13-5-6-13)18-22(17(21)24)12-19-7-9-20(10-8-19)16(23)14-4-3-11-25-14/h3-4,11,13H,2,5-10,12H2,1H3. The molecule has 0 atom stereocenters. The van der Waals surface area contributed by atoms with Gasteiger partial charge in [0.05, 0.1) is 11.5 Å². The number of carbonyl (C=O) groups excluding carboxylic acids is 1. The topological polar surface area (TPSA) is 46.3 Å². The van der Waals surface area contributed by atoms with Crippen LogP contribution in [0.3, 0.4) is 0 Å². The first kappa shape index (κ1) is 16.9. The number of hydrogen-bond acceptors (Lipinski definition) is 5. The molecule has 0 aromatic carbocycles. The molecule has 0 bridgehead atoms. The van der Waals surface area contributed by atoms with Crippen LogP contribution < -0.4 is 0 Å². The Kier molecular flexibility index (Phi) is 4.75. The van der Waals surface area contributed by atoms with Gasteiger partial charge in [0.25, 0.3) is 5.91 Å². The van der Waals surface area contributed by atoms with E-state index in [1.165, 1.54) is 24.2 Å². The Hall–Kier alpha value is -1.51. The van der Waals surface area contributed by atoms with E-state index in [2.05, 4.69) is 16.4 Å². The summed E-state index contributed by atoms with van der Waals surface area (Å²) in [6, 6.07) is 3.83. The number of rotatable bonds is 5. The van der Waals surface area contributed by atoms with Crippen molar-refractivity contribution in [3.05, 3.63) is 33.0 Å². The van der Waals surface area contributed by atoms with Crippen molar-refractivity contribution in [1.82, 2.24) is 24.1 Å². The van der Waals surface area contributed by atoms with Crippen LogP contribution in [0.4, 0.5) is 0 Å². The van der Waals surface area contributed by atoms with Gasteiger partial charge >= 0.3 is 0 Å². The summed E-state index contributed by atoms with van der Waals surface area (Å²) in [4.78, 5) is 17.5. The molecule has 134 valence electrons. The summed E-state index contributed by atoms with van der Waals surface area (Å²) in [5.41, 5.74) is 0. The van der Waals surface area contributed by atoms with Gasteiger partial charge < -0.3 is 9.47 Å². The molecule has 1 saturated carbocycles. The Morgan fingerprint density at radius 3 is 2.68 bits per heavy atom. The number of amides is 1. The predicted molar refractivity (Wildman–Crippen MR) is 100 cm³/mol. The van der Waals surface area contributed by atoms with E-state index in [0.29, 0.717) is 12.6 Å². The molecule has 2 aliphatic rings. The molecule has 0 unspecified atom stereocenters. The Labute approximate surface area is 156 Å². The number of piperazine rings is 1. The summed E-state index contributed by atoms with van der Waals surface area (Å²) >= 11 is 7.13. The third-order valence-corrected chi connectivity index (χ3v) is 6.22. The van der Waals surface area contributed by atoms with Crippen molar-refractivity contribution in [1.29, 1.82) is 0 Å². The molecule has 0 radical (unpaired) electrons. The van der Waals surface area contributed by atoms with Crippen LogP contribution in [-0.2, 0) is 13.2 Å². The Bertz CT molecular complexity index is 798. The lowest BCUT2D eigenvalue weighted by atomic mass is 10.3. The van der Waals surface area contributed by atoms with Crippen molar-refractivity contribution in [2.24, 2.45) is 0 Å². The Morgan fingerprint density at radius 1 is 1.32 bits per heavy atom. The monoisotopic (exact) mass is 377 g/mol. The molecular formula is C17H23N5OS2. The van der Waals surface area contributed by atoms with Crippen molar-refractivity contribution in [3.63, 3.8) is 0 Å². The first-order valence-electron chi connectivity index (χ1n) is 8.90. The minimum absolute atomic E-state index is 0.151. The highest BCUT2D eigenvalue weighted by atomic mass is 32.1. The highest BCUT2D eigenvalue weighted by molar-refractivity contribution is 7.71. The molecule has 25 heavy (non-hydrogen) atoms. The molecule has 2 aromatic rings. The molecule has 0 N–H and O–H groups in total. The van der Waals surface area contributed by atoms with Crippen molar-refractivity contribution in [2.45, 2.75) is 38.9 Å². The maximum atomic E-state index is 12.4. The molecule has 1 amide bonds. The fourth-order valence-corrected chi connectivity index (χ4v) is 4.34. The minimum Gasteiger partial charge on any atom is -0.335 e. The molecule has 4 rings (SSSR count). The van der Waals surface area contributed by atoms with Crippen LogP contribution in [0.5, 0.6) is 0 Å². The van der Waals surface area contributed by atoms with Crippen LogP contribution in [0.1, 0.15) is 41.2 Å². The quantitative estimate of drug-likeness (QED) is 0.752. The number of aromatic nitrogens is 3. The van der Waals surface area contributed by atoms with Crippen LogP contribution in [0.15, 0.2) is 17.5 Å². The van der Waals surface area contributed by atoms with Gasteiger partial charge in [0.15, 0.2) is 4.77 Å². The largest absolute Gasteiger partial charge is 0.335 e.